The van der Waals surface area contributed by atoms with Crippen molar-refractivity contribution in [1.29, 1.82) is 0 Å². The Hall–Kier alpha value is -3.06. The number of aromatic nitrogens is 3. The minimum Gasteiger partial charge on any atom is -0.454 e. The molecule has 2 aromatic heterocycles. The summed E-state index contributed by atoms with van der Waals surface area (Å²) >= 11 is 1.55. The highest BCUT2D eigenvalue weighted by Gasteiger charge is 2.18. The number of fused-ring (bicyclic) bond motifs is 2. The predicted molar refractivity (Wildman–Crippen MR) is 111 cm³/mol. The van der Waals surface area contributed by atoms with Crippen LogP contribution in [-0.4, -0.2) is 28.4 Å². The second-order valence-corrected chi connectivity index (χ2v) is 8.03. The summed E-state index contributed by atoms with van der Waals surface area (Å²) in [5.41, 5.74) is 4.42. The Morgan fingerprint density at radius 2 is 1.86 bits per heavy atom. The van der Waals surface area contributed by atoms with Crippen molar-refractivity contribution in [1.82, 2.24) is 14.6 Å². The fourth-order valence-corrected chi connectivity index (χ4v) is 4.12. The number of anilines is 2. The smallest absolute Gasteiger partial charge is 0.231 e. The predicted octanol–water partition coefficient (Wildman–Crippen LogP) is 5.08. The van der Waals surface area contributed by atoms with E-state index in [9.17, 15) is 0 Å². The van der Waals surface area contributed by atoms with E-state index in [1.165, 1.54) is 5.56 Å². The molecule has 0 radical (unpaired) electrons. The highest BCUT2D eigenvalue weighted by molar-refractivity contribution is 7.20. The van der Waals surface area contributed by atoms with Gasteiger partial charge in [-0.1, -0.05) is 49.4 Å². The topological polar surface area (TPSA) is 51.9 Å². The Morgan fingerprint density at radius 3 is 2.64 bits per heavy atom. The number of ether oxygens (including phenoxy) is 2. The van der Waals surface area contributed by atoms with E-state index in [4.69, 9.17) is 14.6 Å². The van der Waals surface area contributed by atoms with E-state index >= 15 is 0 Å². The molecule has 7 heteroatoms. The van der Waals surface area contributed by atoms with Crippen LogP contribution >= 0.6 is 11.3 Å². The summed E-state index contributed by atoms with van der Waals surface area (Å²) in [6.45, 7) is 4.67. The van der Waals surface area contributed by atoms with Crippen molar-refractivity contribution in [3.05, 3.63) is 54.2 Å². The first-order valence-electron chi connectivity index (χ1n) is 9.18. The molecule has 0 N–H and O–H groups in total. The monoisotopic (exact) mass is 392 g/mol. The minimum absolute atomic E-state index is 0.270. The molecule has 4 aromatic rings. The van der Waals surface area contributed by atoms with Gasteiger partial charge in [0, 0.05) is 24.4 Å². The second-order valence-electron chi connectivity index (χ2n) is 7.10. The van der Waals surface area contributed by atoms with Crippen LogP contribution in [0.5, 0.6) is 11.5 Å². The summed E-state index contributed by atoms with van der Waals surface area (Å²) < 4.78 is 12.8. The maximum Gasteiger partial charge on any atom is 0.231 e. The normalized spacial score (nSPS) is 12.9. The van der Waals surface area contributed by atoms with Crippen molar-refractivity contribution in [3.8, 4) is 22.8 Å². The van der Waals surface area contributed by atoms with Gasteiger partial charge in [0.25, 0.3) is 0 Å². The first kappa shape index (κ1) is 17.1. The molecule has 1 aliphatic heterocycles. The number of rotatable bonds is 4. The first-order chi connectivity index (χ1) is 13.6. The van der Waals surface area contributed by atoms with Gasteiger partial charge in [0.15, 0.2) is 11.5 Å². The van der Waals surface area contributed by atoms with Gasteiger partial charge >= 0.3 is 0 Å². The van der Waals surface area contributed by atoms with Gasteiger partial charge in [0.1, 0.15) is 0 Å². The largest absolute Gasteiger partial charge is 0.454 e. The van der Waals surface area contributed by atoms with Gasteiger partial charge in [0.2, 0.25) is 16.9 Å². The van der Waals surface area contributed by atoms with E-state index in [1.807, 2.05) is 40.9 Å². The van der Waals surface area contributed by atoms with Crippen molar-refractivity contribution in [2.75, 3.05) is 18.7 Å². The van der Waals surface area contributed by atoms with Crippen molar-refractivity contribution >= 4 is 27.1 Å². The fraction of sp³-hybridized carbons (Fsp3) is 0.238. The summed E-state index contributed by atoms with van der Waals surface area (Å²) in [5.74, 6) is 2.05. The lowest BCUT2D eigenvalue weighted by Crippen LogP contribution is -2.09. The second kappa shape index (κ2) is 6.53. The Bertz CT molecular complexity index is 1150. The molecule has 3 heterocycles. The molecule has 0 aliphatic carbocycles. The van der Waals surface area contributed by atoms with Crippen molar-refractivity contribution in [2.24, 2.45) is 0 Å². The average Bonchev–Trinajstić information content (AvgIpc) is 3.42. The van der Waals surface area contributed by atoms with Gasteiger partial charge in [-0.2, -0.15) is 0 Å². The zero-order valence-corrected chi connectivity index (χ0v) is 16.7. The summed E-state index contributed by atoms with van der Waals surface area (Å²) in [5, 5.41) is 5.67. The molecule has 5 rings (SSSR count). The minimum atomic E-state index is 0.270. The lowest BCUT2D eigenvalue weighted by Gasteiger charge is -2.15. The lowest BCUT2D eigenvalue weighted by molar-refractivity contribution is 0.174. The third kappa shape index (κ3) is 2.79. The molecule has 0 fully saturated rings. The summed E-state index contributed by atoms with van der Waals surface area (Å²) in [7, 11) is 1.99. The highest BCUT2D eigenvalue weighted by atomic mass is 32.1. The molecular weight excluding hydrogens is 372 g/mol. The molecule has 0 atom stereocenters. The lowest BCUT2D eigenvalue weighted by atomic mass is 10.0. The molecule has 2 aromatic carbocycles. The molecule has 28 heavy (non-hydrogen) atoms. The van der Waals surface area contributed by atoms with E-state index in [2.05, 4.69) is 43.1 Å². The average molecular weight is 392 g/mol. The Kier molecular flexibility index (Phi) is 3.98. The van der Waals surface area contributed by atoms with Gasteiger partial charge in [0.05, 0.1) is 11.9 Å². The number of imidazole rings is 1. The van der Waals surface area contributed by atoms with Gasteiger partial charge in [-0.25, -0.2) is 9.50 Å². The maximum absolute atomic E-state index is 5.49. The molecule has 0 unspecified atom stereocenters. The molecule has 0 saturated carbocycles. The number of hydrogen-bond acceptors (Lipinski definition) is 6. The van der Waals surface area contributed by atoms with Crippen LogP contribution in [0, 0.1) is 0 Å². The van der Waals surface area contributed by atoms with Crippen LogP contribution in [-0.2, 0) is 0 Å². The molecule has 142 valence electrons. The summed E-state index contributed by atoms with van der Waals surface area (Å²) in [4.78, 5) is 7.46. The highest BCUT2D eigenvalue weighted by Crippen LogP contribution is 2.38. The van der Waals surface area contributed by atoms with Crippen LogP contribution in [0.2, 0.25) is 0 Å². The molecule has 1 aliphatic rings. The number of hydrogen-bond donors (Lipinski definition) is 0. The molecule has 0 amide bonds. The third-order valence-corrected chi connectivity index (χ3v) is 5.98. The zero-order chi connectivity index (χ0) is 19.3. The molecule has 0 bridgehead atoms. The standard InChI is InChI=1S/C21H20N4O2S/c1-13(2)14-4-6-15(7-5-14)17-11-22-20-25(17)23-21(28-20)24(3)16-8-9-18-19(10-16)27-12-26-18/h4-11,13H,12H2,1-3H3. The van der Waals surface area contributed by atoms with E-state index < -0.39 is 0 Å². The van der Waals surface area contributed by atoms with Crippen LogP contribution in [0.4, 0.5) is 10.8 Å². The molecule has 0 spiro atoms. The van der Waals surface area contributed by atoms with Crippen molar-refractivity contribution < 1.29 is 9.47 Å². The number of nitrogens with zero attached hydrogens (tertiary/aromatic N) is 4. The van der Waals surface area contributed by atoms with E-state index in [1.54, 1.807) is 11.3 Å². The number of benzene rings is 2. The first-order valence-corrected chi connectivity index (χ1v) is 10.00. The summed E-state index contributed by atoms with van der Waals surface area (Å²) in [6, 6.07) is 14.5. The Labute approximate surface area is 167 Å². The molecule has 0 saturated heterocycles. The maximum atomic E-state index is 5.49. The Morgan fingerprint density at radius 1 is 1.07 bits per heavy atom. The van der Waals surface area contributed by atoms with Crippen molar-refractivity contribution in [2.45, 2.75) is 19.8 Å². The van der Waals surface area contributed by atoms with Crippen LogP contribution in [0.1, 0.15) is 25.3 Å². The SMILES string of the molecule is CC(C)c1ccc(-c2cnc3sc(N(C)c4ccc5c(c4)OCO5)nn23)cc1. The fourth-order valence-electron chi connectivity index (χ4n) is 3.26. The molecular formula is C21H20N4O2S. The van der Waals surface area contributed by atoms with E-state index in [0.717, 1.165) is 38.5 Å². The van der Waals surface area contributed by atoms with Gasteiger partial charge in [-0.05, 0) is 23.6 Å². The zero-order valence-electron chi connectivity index (χ0n) is 15.9. The van der Waals surface area contributed by atoms with Crippen LogP contribution in [0.15, 0.2) is 48.7 Å². The van der Waals surface area contributed by atoms with E-state index in [-0.39, 0.29) is 6.79 Å². The van der Waals surface area contributed by atoms with Crippen LogP contribution in [0.3, 0.4) is 0 Å². The summed E-state index contributed by atoms with van der Waals surface area (Å²) in [6.07, 6.45) is 1.88. The van der Waals surface area contributed by atoms with E-state index in [0.29, 0.717) is 5.92 Å². The van der Waals surface area contributed by atoms with Gasteiger partial charge < -0.3 is 14.4 Å². The Balaban J connectivity index is 1.49. The van der Waals surface area contributed by atoms with Gasteiger partial charge in [-0.15, -0.1) is 5.10 Å². The van der Waals surface area contributed by atoms with Gasteiger partial charge in [-0.3, -0.25) is 0 Å². The van der Waals surface area contributed by atoms with Crippen LogP contribution in [0.25, 0.3) is 16.2 Å². The van der Waals surface area contributed by atoms with Crippen molar-refractivity contribution in [3.63, 3.8) is 0 Å². The quantitative estimate of drug-likeness (QED) is 0.485. The molecule has 6 nitrogen and oxygen atoms in total. The third-order valence-electron chi connectivity index (χ3n) is 4.98. The van der Waals surface area contributed by atoms with Crippen LogP contribution < -0.4 is 14.4 Å².